The van der Waals surface area contributed by atoms with Crippen LogP contribution in [0.4, 0.5) is 4.39 Å². The number of halogens is 1. The predicted molar refractivity (Wildman–Crippen MR) is 121 cm³/mol. The van der Waals surface area contributed by atoms with E-state index in [2.05, 4.69) is 46.0 Å². The summed E-state index contributed by atoms with van der Waals surface area (Å²) in [6, 6.07) is 29.5. The molecule has 1 aliphatic heterocycles. The average molecular weight is 413 g/mol. The summed E-state index contributed by atoms with van der Waals surface area (Å²) in [5.41, 5.74) is 3.58. The Kier molecular flexibility index (Phi) is 5.55. The molecule has 1 aliphatic rings. The number of nitrogens with zero attached hydrogens (tertiary/aromatic N) is 2. The number of fused-ring (bicyclic) bond motifs is 1. The first-order valence-corrected chi connectivity index (χ1v) is 10.7. The van der Waals surface area contributed by atoms with Crippen molar-refractivity contribution in [2.45, 2.75) is 25.6 Å². The SMILES string of the molecule is Fc1ccc(CN2CCCn3cccc3C2c2cccc(Oc3ccccc3)c2)cc1. The maximum absolute atomic E-state index is 13.4. The van der Waals surface area contributed by atoms with E-state index in [1.54, 1.807) is 12.1 Å². The van der Waals surface area contributed by atoms with Crippen LogP contribution in [0.25, 0.3) is 0 Å². The summed E-state index contributed by atoms with van der Waals surface area (Å²) in [5, 5.41) is 0. The van der Waals surface area contributed by atoms with Gasteiger partial charge in [-0.1, -0.05) is 42.5 Å². The molecule has 0 fully saturated rings. The van der Waals surface area contributed by atoms with Gasteiger partial charge in [-0.15, -0.1) is 0 Å². The Hall–Kier alpha value is -3.37. The van der Waals surface area contributed by atoms with Crippen molar-refractivity contribution in [2.75, 3.05) is 6.54 Å². The zero-order valence-electron chi connectivity index (χ0n) is 17.3. The van der Waals surface area contributed by atoms with E-state index in [1.807, 2.05) is 48.5 Å². The molecule has 1 atom stereocenters. The lowest BCUT2D eigenvalue weighted by Crippen LogP contribution is -2.29. The zero-order chi connectivity index (χ0) is 21.0. The van der Waals surface area contributed by atoms with Crippen LogP contribution in [0.15, 0.2) is 97.2 Å². The van der Waals surface area contributed by atoms with Gasteiger partial charge >= 0.3 is 0 Å². The molecule has 4 heteroatoms. The molecule has 0 saturated carbocycles. The lowest BCUT2D eigenvalue weighted by Gasteiger charge is -2.31. The Morgan fingerprint density at radius 2 is 1.61 bits per heavy atom. The number of aromatic nitrogens is 1. The molecule has 3 nitrogen and oxygen atoms in total. The van der Waals surface area contributed by atoms with Gasteiger partial charge in [-0.05, 0) is 66.1 Å². The van der Waals surface area contributed by atoms with Crippen molar-refractivity contribution >= 4 is 0 Å². The third kappa shape index (κ3) is 4.39. The number of rotatable bonds is 5. The topological polar surface area (TPSA) is 17.4 Å². The van der Waals surface area contributed by atoms with E-state index >= 15 is 0 Å². The standard InChI is InChI=1S/C27H25FN2O/c28-23-14-12-21(13-15-23)20-30-18-6-17-29-16-5-11-26(29)27(30)22-7-4-10-25(19-22)31-24-8-2-1-3-9-24/h1-5,7-16,19,27H,6,17-18,20H2. The van der Waals surface area contributed by atoms with Crippen molar-refractivity contribution < 1.29 is 9.13 Å². The van der Waals surface area contributed by atoms with Crippen LogP contribution >= 0.6 is 0 Å². The predicted octanol–water partition coefficient (Wildman–Crippen LogP) is 6.41. The molecule has 4 aromatic rings. The minimum atomic E-state index is -0.198. The summed E-state index contributed by atoms with van der Waals surface area (Å²) < 4.78 is 21.9. The molecule has 31 heavy (non-hydrogen) atoms. The molecule has 0 radical (unpaired) electrons. The fourth-order valence-electron chi connectivity index (χ4n) is 4.39. The van der Waals surface area contributed by atoms with E-state index in [9.17, 15) is 4.39 Å². The van der Waals surface area contributed by atoms with Crippen molar-refractivity contribution in [3.05, 3.63) is 120 Å². The van der Waals surface area contributed by atoms with Gasteiger partial charge in [0.15, 0.2) is 0 Å². The second-order valence-electron chi connectivity index (χ2n) is 7.97. The van der Waals surface area contributed by atoms with Gasteiger partial charge < -0.3 is 9.30 Å². The van der Waals surface area contributed by atoms with Gasteiger partial charge in [0.05, 0.1) is 6.04 Å². The van der Waals surface area contributed by atoms with Crippen LogP contribution < -0.4 is 4.74 Å². The summed E-state index contributed by atoms with van der Waals surface area (Å²) in [5.74, 6) is 1.45. The molecule has 0 bridgehead atoms. The highest BCUT2D eigenvalue weighted by Gasteiger charge is 2.27. The van der Waals surface area contributed by atoms with Gasteiger partial charge in [0.25, 0.3) is 0 Å². The van der Waals surface area contributed by atoms with E-state index in [4.69, 9.17) is 4.74 Å². The fraction of sp³-hybridized carbons (Fsp3) is 0.185. The Morgan fingerprint density at radius 3 is 2.45 bits per heavy atom. The summed E-state index contributed by atoms with van der Waals surface area (Å²) in [6.07, 6.45) is 3.23. The van der Waals surface area contributed by atoms with Gasteiger partial charge in [-0.3, -0.25) is 4.90 Å². The highest BCUT2D eigenvalue weighted by molar-refractivity contribution is 5.38. The third-order valence-electron chi connectivity index (χ3n) is 5.81. The van der Waals surface area contributed by atoms with Crippen LogP contribution in [0.5, 0.6) is 11.5 Å². The molecule has 5 rings (SSSR count). The molecule has 3 aromatic carbocycles. The molecule has 1 unspecified atom stereocenters. The van der Waals surface area contributed by atoms with Crippen LogP contribution in [-0.2, 0) is 13.1 Å². The largest absolute Gasteiger partial charge is 0.457 e. The normalized spacial score (nSPS) is 16.5. The van der Waals surface area contributed by atoms with Crippen molar-refractivity contribution in [2.24, 2.45) is 0 Å². The smallest absolute Gasteiger partial charge is 0.127 e. The summed E-state index contributed by atoms with van der Waals surface area (Å²) in [7, 11) is 0. The first-order valence-electron chi connectivity index (χ1n) is 10.7. The van der Waals surface area contributed by atoms with Crippen LogP contribution in [-0.4, -0.2) is 16.0 Å². The van der Waals surface area contributed by atoms with Gasteiger partial charge in [0.1, 0.15) is 17.3 Å². The van der Waals surface area contributed by atoms with Crippen molar-refractivity contribution in [3.8, 4) is 11.5 Å². The quantitative estimate of drug-likeness (QED) is 0.377. The minimum Gasteiger partial charge on any atom is -0.457 e. The van der Waals surface area contributed by atoms with E-state index in [-0.39, 0.29) is 11.9 Å². The molecule has 0 N–H and O–H groups in total. The molecule has 0 spiro atoms. The molecular formula is C27H25FN2O. The average Bonchev–Trinajstić information content (AvgIpc) is 3.17. The number of ether oxygens (including phenoxy) is 1. The van der Waals surface area contributed by atoms with E-state index in [0.717, 1.165) is 43.1 Å². The Balaban J connectivity index is 1.50. The summed E-state index contributed by atoms with van der Waals surface area (Å²) >= 11 is 0. The van der Waals surface area contributed by atoms with Crippen LogP contribution in [0.1, 0.15) is 29.3 Å². The maximum atomic E-state index is 13.4. The second kappa shape index (κ2) is 8.78. The molecule has 0 aliphatic carbocycles. The first-order chi connectivity index (χ1) is 15.3. The van der Waals surface area contributed by atoms with Gasteiger partial charge in [-0.2, -0.15) is 0 Å². The summed E-state index contributed by atoms with van der Waals surface area (Å²) in [6.45, 7) is 2.73. The van der Waals surface area contributed by atoms with Crippen molar-refractivity contribution in [1.82, 2.24) is 9.47 Å². The maximum Gasteiger partial charge on any atom is 0.127 e. The molecule has 0 saturated heterocycles. The zero-order valence-corrected chi connectivity index (χ0v) is 17.3. The van der Waals surface area contributed by atoms with Crippen molar-refractivity contribution in [3.63, 3.8) is 0 Å². The fourth-order valence-corrected chi connectivity index (χ4v) is 4.39. The molecule has 2 heterocycles. The highest BCUT2D eigenvalue weighted by atomic mass is 19.1. The first kappa shape index (κ1) is 19.6. The lowest BCUT2D eigenvalue weighted by molar-refractivity contribution is 0.220. The molecular weight excluding hydrogens is 387 g/mol. The number of hydrogen-bond donors (Lipinski definition) is 0. The van der Waals surface area contributed by atoms with Gasteiger partial charge in [-0.25, -0.2) is 4.39 Å². The Morgan fingerprint density at radius 1 is 0.806 bits per heavy atom. The molecule has 0 amide bonds. The van der Waals surface area contributed by atoms with Crippen LogP contribution in [0.2, 0.25) is 0 Å². The summed E-state index contributed by atoms with van der Waals surface area (Å²) in [4.78, 5) is 2.48. The van der Waals surface area contributed by atoms with Crippen LogP contribution in [0, 0.1) is 5.82 Å². The number of aryl methyl sites for hydroxylation is 1. The highest BCUT2D eigenvalue weighted by Crippen LogP contribution is 2.35. The minimum absolute atomic E-state index is 0.0990. The van der Waals surface area contributed by atoms with Gasteiger partial charge in [0, 0.05) is 31.5 Å². The molecule has 156 valence electrons. The van der Waals surface area contributed by atoms with Crippen LogP contribution in [0.3, 0.4) is 0 Å². The van der Waals surface area contributed by atoms with Gasteiger partial charge in [0.2, 0.25) is 0 Å². The van der Waals surface area contributed by atoms with Crippen molar-refractivity contribution in [1.29, 1.82) is 0 Å². The third-order valence-corrected chi connectivity index (χ3v) is 5.81. The monoisotopic (exact) mass is 412 g/mol. The number of hydrogen-bond acceptors (Lipinski definition) is 2. The Bertz CT molecular complexity index is 1140. The second-order valence-corrected chi connectivity index (χ2v) is 7.97. The number of benzene rings is 3. The van der Waals surface area contributed by atoms with E-state index in [1.165, 1.54) is 11.3 Å². The lowest BCUT2D eigenvalue weighted by atomic mass is 10.0. The van der Waals surface area contributed by atoms with E-state index in [0.29, 0.717) is 0 Å². The number of para-hydroxylation sites is 1. The molecule has 1 aromatic heterocycles. The Labute approximate surface area is 182 Å². The van der Waals surface area contributed by atoms with E-state index < -0.39 is 0 Å².